The van der Waals surface area contributed by atoms with E-state index in [0.717, 1.165) is 35.7 Å². The molecule has 0 saturated carbocycles. The minimum absolute atomic E-state index is 0.0666. The van der Waals surface area contributed by atoms with Crippen LogP contribution in [0.2, 0.25) is 0 Å². The van der Waals surface area contributed by atoms with Crippen molar-refractivity contribution in [2.45, 2.75) is 13.5 Å². The second-order valence-electron chi connectivity index (χ2n) is 8.59. The third kappa shape index (κ3) is 5.32. The van der Waals surface area contributed by atoms with Gasteiger partial charge in [-0.3, -0.25) is 0 Å². The summed E-state index contributed by atoms with van der Waals surface area (Å²) < 4.78 is 21.7. The first-order valence-electron chi connectivity index (χ1n) is 12.0. The molecule has 0 atom stereocenters. The molecule has 0 N–H and O–H groups in total. The van der Waals surface area contributed by atoms with Gasteiger partial charge in [0.15, 0.2) is 6.39 Å². The van der Waals surface area contributed by atoms with Crippen molar-refractivity contribution in [1.82, 2.24) is 9.97 Å². The zero-order chi connectivity index (χ0) is 27.4. The Morgan fingerprint density at radius 3 is 2.56 bits per heavy atom. The third-order valence-electron chi connectivity index (χ3n) is 6.29. The average Bonchev–Trinajstić information content (AvgIpc) is 3.61. The molecule has 11 heteroatoms. The largest absolute Gasteiger partial charge is 0.471 e. The SMILES string of the molecule is COC(=O)c1cc(C#N)c(COc2nc(-c3ccc(N4CCOCC4)cc3)cc(-c3ncoc3C)c2C#N)s1. The molecular formula is C28H23N5O5S. The second kappa shape index (κ2) is 11.4. The maximum absolute atomic E-state index is 12.0. The minimum Gasteiger partial charge on any atom is -0.471 e. The molecule has 3 aromatic heterocycles. The van der Waals surface area contributed by atoms with Gasteiger partial charge >= 0.3 is 5.97 Å². The van der Waals surface area contributed by atoms with Crippen LogP contribution < -0.4 is 9.64 Å². The fourth-order valence-electron chi connectivity index (χ4n) is 4.26. The number of nitriles is 2. The van der Waals surface area contributed by atoms with E-state index in [1.807, 2.05) is 24.3 Å². The number of hydrogen-bond acceptors (Lipinski definition) is 11. The van der Waals surface area contributed by atoms with Crippen LogP contribution >= 0.6 is 11.3 Å². The Morgan fingerprint density at radius 1 is 1.15 bits per heavy atom. The first kappa shape index (κ1) is 25.9. The highest BCUT2D eigenvalue weighted by Crippen LogP contribution is 2.35. The van der Waals surface area contributed by atoms with E-state index in [-0.39, 0.29) is 22.9 Å². The van der Waals surface area contributed by atoms with Crippen LogP contribution in [0.4, 0.5) is 5.69 Å². The second-order valence-corrected chi connectivity index (χ2v) is 9.73. The van der Waals surface area contributed by atoms with Gasteiger partial charge in [-0.25, -0.2) is 14.8 Å². The van der Waals surface area contributed by atoms with Gasteiger partial charge in [-0.15, -0.1) is 11.3 Å². The molecule has 5 rings (SSSR count). The molecule has 196 valence electrons. The number of morpholine rings is 1. The summed E-state index contributed by atoms with van der Waals surface area (Å²) in [6, 6.07) is 15.5. The fraction of sp³-hybridized carbons (Fsp3) is 0.250. The van der Waals surface area contributed by atoms with Crippen LogP contribution in [0.3, 0.4) is 0 Å². The van der Waals surface area contributed by atoms with Gasteiger partial charge in [-0.05, 0) is 31.2 Å². The maximum atomic E-state index is 12.0. The number of oxazole rings is 1. The summed E-state index contributed by atoms with van der Waals surface area (Å²) in [6.45, 7) is 4.74. The smallest absolute Gasteiger partial charge is 0.348 e. The summed E-state index contributed by atoms with van der Waals surface area (Å²) in [4.78, 5) is 24.0. The predicted molar refractivity (Wildman–Crippen MR) is 142 cm³/mol. The van der Waals surface area contributed by atoms with Gasteiger partial charge in [0.2, 0.25) is 5.88 Å². The normalized spacial score (nSPS) is 13.0. The Morgan fingerprint density at radius 2 is 1.92 bits per heavy atom. The van der Waals surface area contributed by atoms with Crippen LogP contribution in [0.25, 0.3) is 22.5 Å². The fourth-order valence-corrected chi connectivity index (χ4v) is 5.20. The number of esters is 1. The number of thiophene rings is 1. The van der Waals surface area contributed by atoms with E-state index in [1.165, 1.54) is 19.6 Å². The number of carbonyl (C=O) groups is 1. The van der Waals surface area contributed by atoms with E-state index in [2.05, 4.69) is 27.0 Å². The lowest BCUT2D eigenvalue weighted by Gasteiger charge is -2.28. The molecule has 10 nitrogen and oxygen atoms in total. The van der Waals surface area contributed by atoms with Gasteiger partial charge in [-0.1, -0.05) is 12.1 Å². The topological polar surface area (TPSA) is 134 Å². The molecular weight excluding hydrogens is 518 g/mol. The van der Waals surface area contributed by atoms with Gasteiger partial charge < -0.3 is 23.5 Å². The highest BCUT2D eigenvalue weighted by atomic mass is 32.1. The van der Waals surface area contributed by atoms with Crippen molar-refractivity contribution in [2.75, 3.05) is 38.3 Å². The summed E-state index contributed by atoms with van der Waals surface area (Å²) in [5.74, 6) is 0.0940. The first-order chi connectivity index (χ1) is 19.0. The molecule has 1 saturated heterocycles. The zero-order valence-electron chi connectivity index (χ0n) is 21.3. The number of hydrogen-bond donors (Lipinski definition) is 0. The number of carbonyl (C=O) groups excluding carboxylic acids is 1. The Labute approximate surface area is 228 Å². The highest BCUT2D eigenvalue weighted by molar-refractivity contribution is 7.14. The highest BCUT2D eigenvalue weighted by Gasteiger charge is 2.22. The molecule has 0 radical (unpaired) electrons. The molecule has 0 amide bonds. The van der Waals surface area contributed by atoms with Gasteiger partial charge in [0.25, 0.3) is 0 Å². The van der Waals surface area contributed by atoms with Crippen LogP contribution in [0, 0.1) is 29.6 Å². The number of pyridine rings is 1. The lowest BCUT2D eigenvalue weighted by Crippen LogP contribution is -2.36. The van der Waals surface area contributed by atoms with Crippen molar-refractivity contribution in [1.29, 1.82) is 10.5 Å². The molecule has 0 spiro atoms. The number of aromatic nitrogens is 2. The van der Waals surface area contributed by atoms with E-state index < -0.39 is 5.97 Å². The molecule has 1 aliphatic heterocycles. The molecule has 1 aromatic carbocycles. The van der Waals surface area contributed by atoms with Gasteiger partial charge in [-0.2, -0.15) is 10.5 Å². The van der Waals surface area contributed by atoms with E-state index in [4.69, 9.17) is 18.6 Å². The number of benzene rings is 1. The van der Waals surface area contributed by atoms with Gasteiger partial charge in [0.1, 0.15) is 40.6 Å². The van der Waals surface area contributed by atoms with Crippen LogP contribution in [-0.2, 0) is 16.1 Å². The Kier molecular flexibility index (Phi) is 7.55. The Bertz CT molecular complexity index is 1590. The van der Waals surface area contributed by atoms with Crippen LogP contribution in [0.1, 0.15) is 31.4 Å². The van der Waals surface area contributed by atoms with Crippen molar-refractivity contribution >= 4 is 23.0 Å². The number of ether oxygens (including phenoxy) is 3. The first-order valence-corrected chi connectivity index (χ1v) is 12.9. The van der Waals surface area contributed by atoms with E-state index in [0.29, 0.717) is 46.4 Å². The molecule has 39 heavy (non-hydrogen) atoms. The van der Waals surface area contributed by atoms with Crippen molar-refractivity contribution < 1.29 is 23.4 Å². The van der Waals surface area contributed by atoms with Gasteiger partial charge in [0, 0.05) is 29.9 Å². The Hall–Kier alpha value is -4.71. The van der Waals surface area contributed by atoms with Crippen molar-refractivity contribution in [2.24, 2.45) is 0 Å². The van der Waals surface area contributed by atoms with E-state index in [9.17, 15) is 15.3 Å². The average molecular weight is 542 g/mol. The summed E-state index contributed by atoms with van der Waals surface area (Å²) in [5, 5.41) is 19.6. The van der Waals surface area contributed by atoms with Crippen LogP contribution in [0.15, 0.2) is 47.2 Å². The van der Waals surface area contributed by atoms with Crippen LogP contribution in [0.5, 0.6) is 5.88 Å². The quantitative estimate of drug-likeness (QED) is 0.302. The number of methoxy groups -OCH3 is 1. The summed E-state index contributed by atoms with van der Waals surface area (Å²) >= 11 is 1.10. The van der Waals surface area contributed by atoms with Crippen molar-refractivity contribution in [3.63, 3.8) is 0 Å². The maximum Gasteiger partial charge on any atom is 0.348 e. The minimum atomic E-state index is -0.537. The lowest BCUT2D eigenvalue weighted by atomic mass is 10.0. The number of anilines is 1. The molecule has 0 bridgehead atoms. The van der Waals surface area contributed by atoms with Gasteiger partial charge in [0.05, 0.1) is 36.5 Å². The monoisotopic (exact) mass is 541 g/mol. The number of nitrogens with zero attached hydrogens (tertiary/aromatic N) is 5. The molecule has 0 unspecified atom stereocenters. The van der Waals surface area contributed by atoms with Crippen molar-refractivity contribution in [3.8, 4) is 40.5 Å². The lowest BCUT2D eigenvalue weighted by molar-refractivity contribution is 0.0606. The molecule has 4 heterocycles. The summed E-state index contributed by atoms with van der Waals surface area (Å²) in [6.07, 6.45) is 1.32. The van der Waals surface area contributed by atoms with Crippen LogP contribution in [-0.4, -0.2) is 49.4 Å². The van der Waals surface area contributed by atoms with E-state index >= 15 is 0 Å². The summed E-state index contributed by atoms with van der Waals surface area (Å²) in [5.41, 5.74) is 3.99. The number of aryl methyl sites for hydroxylation is 1. The molecule has 1 fully saturated rings. The zero-order valence-corrected chi connectivity index (χ0v) is 22.1. The summed E-state index contributed by atoms with van der Waals surface area (Å²) in [7, 11) is 1.28. The standard InChI is InChI=1S/C28H23N5O5S/c1-17-26(31-16-38-17)21-12-23(18-3-5-20(6-4-18)33-7-9-36-10-8-33)32-27(22(21)14-30)37-15-25-19(13-29)11-24(39-25)28(34)35-2/h3-6,11-12,16H,7-10,15H2,1-2H3. The van der Waals surface area contributed by atoms with E-state index in [1.54, 1.807) is 13.0 Å². The third-order valence-corrected chi connectivity index (χ3v) is 7.38. The Balaban J connectivity index is 1.53. The predicted octanol–water partition coefficient (Wildman–Crippen LogP) is 4.72. The van der Waals surface area contributed by atoms with Crippen molar-refractivity contribution in [3.05, 3.63) is 69.4 Å². The molecule has 1 aliphatic rings. The molecule has 0 aliphatic carbocycles. The number of rotatable bonds is 7. The molecule has 4 aromatic rings.